The molecule has 2 atom stereocenters. The van der Waals surface area contributed by atoms with Crippen LogP contribution in [0.4, 0.5) is 0 Å². The molecule has 17 heavy (non-hydrogen) atoms. The first-order valence-corrected chi connectivity index (χ1v) is 6.09. The molecule has 2 rings (SSSR count). The standard InChI is InChI=1S/C12H20N4O/c1-8(11-7-16(3)15-9(11)2)13-6-10-4-5-12(17)14-10/h7-8,10,13H,4-6H2,1-3H3,(H,14,17). The molecule has 0 bridgehead atoms. The first kappa shape index (κ1) is 12.1. The summed E-state index contributed by atoms with van der Waals surface area (Å²) in [5.41, 5.74) is 2.28. The highest BCUT2D eigenvalue weighted by molar-refractivity contribution is 5.78. The highest BCUT2D eigenvalue weighted by atomic mass is 16.1. The lowest BCUT2D eigenvalue weighted by Gasteiger charge is -2.16. The van der Waals surface area contributed by atoms with Gasteiger partial charge in [-0.25, -0.2) is 0 Å². The molecular formula is C12H20N4O. The van der Waals surface area contributed by atoms with Crippen molar-refractivity contribution >= 4 is 5.91 Å². The van der Waals surface area contributed by atoms with Gasteiger partial charge in [0.2, 0.25) is 5.91 Å². The van der Waals surface area contributed by atoms with Crippen LogP contribution in [0.1, 0.15) is 37.1 Å². The van der Waals surface area contributed by atoms with E-state index >= 15 is 0 Å². The average molecular weight is 236 g/mol. The molecule has 0 aliphatic carbocycles. The highest BCUT2D eigenvalue weighted by Gasteiger charge is 2.21. The molecule has 0 aromatic carbocycles. The van der Waals surface area contributed by atoms with Gasteiger partial charge in [0, 0.05) is 43.9 Å². The zero-order valence-corrected chi connectivity index (χ0v) is 10.7. The third kappa shape index (κ3) is 2.85. The Morgan fingerprint density at radius 1 is 1.71 bits per heavy atom. The molecule has 2 unspecified atom stereocenters. The zero-order valence-electron chi connectivity index (χ0n) is 10.7. The summed E-state index contributed by atoms with van der Waals surface area (Å²) in [5.74, 6) is 0.169. The third-order valence-electron chi connectivity index (χ3n) is 3.27. The van der Waals surface area contributed by atoms with Gasteiger partial charge in [-0.1, -0.05) is 0 Å². The smallest absolute Gasteiger partial charge is 0.220 e. The second kappa shape index (κ2) is 4.87. The Hall–Kier alpha value is -1.36. The molecule has 0 spiro atoms. The van der Waals surface area contributed by atoms with E-state index in [1.807, 2.05) is 24.9 Å². The van der Waals surface area contributed by atoms with Gasteiger partial charge in [-0.3, -0.25) is 9.48 Å². The Bertz CT molecular complexity index is 413. The summed E-state index contributed by atoms with van der Waals surface area (Å²) in [7, 11) is 1.93. The summed E-state index contributed by atoms with van der Waals surface area (Å²) in [4.78, 5) is 11.1. The summed E-state index contributed by atoms with van der Waals surface area (Å²) < 4.78 is 1.83. The fourth-order valence-electron chi connectivity index (χ4n) is 2.30. The van der Waals surface area contributed by atoms with Crippen LogP contribution in [0, 0.1) is 6.92 Å². The van der Waals surface area contributed by atoms with E-state index in [-0.39, 0.29) is 18.0 Å². The zero-order chi connectivity index (χ0) is 12.4. The normalized spacial score (nSPS) is 21.6. The van der Waals surface area contributed by atoms with Crippen LogP contribution in [0.2, 0.25) is 0 Å². The predicted molar refractivity (Wildman–Crippen MR) is 65.5 cm³/mol. The second-order valence-electron chi connectivity index (χ2n) is 4.78. The Labute approximate surface area is 102 Å². The molecule has 1 aromatic heterocycles. The highest BCUT2D eigenvalue weighted by Crippen LogP contribution is 2.16. The molecule has 5 nitrogen and oxygen atoms in total. The molecule has 1 amide bonds. The Kier molecular flexibility index (Phi) is 3.47. The van der Waals surface area contributed by atoms with Gasteiger partial charge in [-0.05, 0) is 20.3 Å². The fourth-order valence-corrected chi connectivity index (χ4v) is 2.30. The fraction of sp³-hybridized carbons (Fsp3) is 0.667. The van der Waals surface area contributed by atoms with E-state index in [1.165, 1.54) is 5.56 Å². The second-order valence-corrected chi connectivity index (χ2v) is 4.78. The van der Waals surface area contributed by atoms with Crippen molar-refractivity contribution in [2.45, 2.75) is 38.8 Å². The quantitative estimate of drug-likeness (QED) is 0.807. The molecule has 1 aliphatic heterocycles. The summed E-state index contributed by atoms with van der Waals surface area (Å²) in [5, 5.41) is 10.7. The minimum Gasteiger partial charge on any atom is -0.352 e. The van der Waals surface area contributed by atoms with Crippen molar-refractivity contribution in [3.05, 3.63) is 17.5 Å². The number of amides is 1. The summed E-state index contributed by atoms with van der Waals surface area (Å²) in [6.07, 6.45) is 3.64. The first-order valence-electron chi connectivity index (χ1n) is 6.09. The van der Waals surface area contributed by atoms with Crippen LogP contribution in [0.15, 0.2) is 6.20 Å². The monoisotopic (exact) mass is 236 g/mol. The van der Waals surface area contributed by atoms with Crippen LogP contribution in [0.25, 0.3) is 0 Å². The van der Waals surface area contributed by atoms with E-state index in [2.05, 4.69) is 22.7 Å². The molecule has 5 heteroatoms. The maximum absolute atomic E-state index is 11.1. The lowest BCUT2D eigenvalue weighted by atomic mass is 10.1. The Morgan fingerprint density at radius 2 is 2.47 bits per heavy atom. The van der Waals surface area contributed by atoms with Gasteiger partial charge in [0.25, 0.3) is 0 Å². The van der Waals surface area contributed by atoms with Crippen molar-refractivity contribution in [3.63, 3.8) is 0 Å². The molecule has 1 fully saturated rings. The maximum atomic E-state index is 11.1. The van der Waals surface area contributed by atoms with E-state index in [9.17, 15) is 4.79 Å². The molecule has 1 saturated heterocycles. The minimum atomic E-state index is 0.169. The van der Waals surface area contributed by atoms with E-state index in [0.29, 0.717) is 6.42 Å². The number of aromatic nitrogens is 2. The largest absolute Gasteiger partial charge is 0.352 e. The van der Waals surface area contributed by atoms with Crippen LogP contribution in [-0.2, 0) is 11.8 Å². The average Bonchev–Trinajstić information content (AvgIpc) is 2.81. The van der Waals surface area contributed by atoms with Crippen LogP contribution in [-0.4, -0.2) is 28.3 Å². The summed E-state index contributed by atoms with van der Waals surface area (Å²) in [6, 6.07) is 0.545. The van der Waals surface area contributed by atoms with Crippen LogP contribution < -0.4 is 10.6 Å². The number of hydrogen-bond acceptors (Lipinski definition) is 3. The number of nitrogens with one attached hydrogen (secondary N) is 2. The van der Waals surface area contributed by atoms with Crippen molar-refractivity contribution in [2.24, 2.45) is 7.05 Å². The molecule has 2 heterocycles. The third-order valence-corrected chi connectivity index (χ3v) is 3.27. The molecule has 1 aromatic rings. The van der Waals surface area contributed by atoms with E-state index in [4.69, 9.17) is 0 Å². The van der Waals surface area contributed by atoms with E-state index < -0.39 is 0 Å². The van der Waals surface area contributed by atoms with Gasteiger partial charge in [0.1, 0.15) is 0 Å². The van der Waals surface area contributed by atoms with E-state index in [1.54, 1.807) is 0 Å². The lowest BCUT2D eigenvalue weighted by Crippen LogP contribution is -2.36. The maximum Gasteiger partial charge on any atom is 0.220 e. The SMILES string of the molecule is Cc1nn(C)cc1C(C)NCC1CCC(=O)N1. The van der Waals surface area contributed by atoms with Crippen molar-refractivity contribution in [1.29, 1.82) is 0 Å². The van der Waals surface area contributed by atoms with E-state index in [0.717, 1.165) is 18.7 Å². The molecule has 94 valence electrons. The molecular weight excluding hydrogens is 216 g/mol. The van der Waals surface area contributed by atoms with Crippen molar-refractivity contribution in [3.8, 4) is 0 Å². The molecule has 2 N–H and O–H groups in total. The van der Waals surface area contributed by atoms with Gasteiger partial charge in [0.05, 0.1) is 5.69 Å². The molecule has 0 saturated carbocycles. The first-order chi connectivity index (χ1) is 8.06. The van der Waals surface area contributed by atoms with Gasteiger partial charge < -0.3 is 10.6 Å². The Balaban J connectivity index is 1.87. The van der Waals surface area contributed by atoms with Crippen LogP contribution in [0.5, 0.6) is 0 Å². The minimum absolute atomic E-state index is 0.169. The van der Waals surface area contributed by atoms with Crippen LogP contribution >= 0.6 is 0 Å². The van der Waals surface area contributed by atoms with Gasteiger partial charge >= 0.3 is 0 Å². The van der Waals surface area contributed by atoms with Crippen LogP contribution in [0.3, 0.4) is 0 Å². The lowest BCUT2D eigenvalue weighted by molar-refractivity contribution is -0.119. The molecule has 0 radical (unpaired) electrons. The van der Waals surface area contributed by atoms with Gasteiger partial charge in [0.15, 0.2) is 0 Å². The number of rotatable bonds is 4. The number of aryl methyl sites for hydroxylation is 2. The van der Waals surface area contributed by atoms with Gasteiger partial charge in [-0.2, -0.15) is 5.10 Å². The number of carbonyl (C=O) groups is 1. The van der Waals surface area contributed by atoms with Gasteiger partial charge in [-0.15, -0.1) is 0 Å². The number of nitrogens with zero attached hydrogens (tertiary/aromatic N) is 2. The summed E-state index contributed by atoms with van der Waals surface area (Å²) >= 11 is 0. The molecule has 1 aliphatic rings. The number of carbonyl (C=O) groups excluding carboxylic acids is 1. The topological polar surface area (TPSA) is 59.0 Å². The predicted octanol–water partition coefficient (Wildman–Crippen LogP) is 0.658. The van der Waals surface area contributed by atoms with Crippen molar-refractivity contribution in [2.75, 3.05) is 6.54 Å². The van der Waals surface area contributed by atoms with Crippen molar-refractivity contribution < 1.29 is 4.79 Å². The number of hydrogen-bond donors (Lipinski definition) is 2. The summed E-state index contributed by atoms with van der Waals surface area (Å²) in [6.45, 7) is 4.97. The van der Waals surface area contributed by atoms with Crippen molar-refractivity contribution in [1.82, 2.24) is 20.4 Å². The Morgan fingerprint density at radius 3 is 3.00 bits per heavy atom.